The monoisotopic (exact) mass is 349 g/mol. The highest BCUT2D eigenvalue weighted by Gasteiger charge is 2.29. The summed E-state index contributed by atoms with van der Waals surface area (Å²) in [5.41, 5.74) is 5.52. The second kappa shape index (κ2) is 10.1. The van der Waals surface area contributed by atoms with Crippen molar-refractivity contribution in [3.05, 3.63) is 0 Å². The average molecular weight is 349 g/mol. The van der Waals surface area contributed by atoms with Crippen LogP contribution < -0.4 is 16.4 Å². The number of hydrogen-bond donors (Lipinski definition) is 6. The molecule has 0 aliphatic rings. The summed E-state index contributed by atoms with van der Waals surface area (Å²) in [5.74, 6) is -4.08. The number of aliphatic carboxylic acids is 2. The van der Waals surface area contributed by atoms with Crippen molar-refractivity contribution in [3.63, 3.8) is 0 Å². The zero-order chi connectivity index (χ0) is 18.2. The lowest BCUT2D eigenvalue weighted by atomic mass is 10.0. The molecular weight excluding hydrogens is 326 g/mol. The Hall–Kier alpha value is -1.81. The summed E-state index contributed by atoms with van der Waals surface area (Å²) in [6.07, 6.45) is -0.518. The molecule has 0 saturated carbocycles. The first-order valence-corrected chi connectivity index (χ1v) is 7.63. The summed E-state index contributed by atoms with van der Waals surface area (Å²) >= 11 is 3.89. The summed E-state index contributed by atoms with van der Waals surface area (Å²) in [4.78, 5) is 45.6. The maximum Gasteiger partial charge on any atom is 0.326 e. The number of nitrogens with two attached hydrogens (primary N) is 1. The third-order valence-corrected chi connectivity index (χ3v) is 3.26. The number of rotatable bonds is 10. The molecule has 0 aliphatic carbocycles. The van der Waals surface area contributed by atoms with E-state index in [0.29, 0.717) is 0 Å². The molecule has 132 valence electrons. The Morgan fingerprint density at radius 2 is 1.57 bits per heavy atom. The first-order chi connectivity index (χ1) is 10.6. The van der Waals surface area contributed by atoms with Crippen LogP contribution in [0.3, 0.4) is 0 Å². The fraction of sp³-hybridized carbons (Fsp3) is 0.692. The molecule has 3 unspecified atom stereocenters. The van der Waals surface area contributed by atoms with Crippen LogP contribution in [-0.4, -0.2) is 57.8 Å². The lowest BCUT2D eigenvalue weighted by Gasteiger charge is -2.23. The number of carboxylic acids is 2. The zero-order valence-corrected chi connectivity index (χ0v) is 13.9. The minimum atomic E-state index is -1.58. The second-order valence-corrected chi connectivity index (χ2v) is 5.84. The second-order valence-electron chi connectivity index (χ2n) is 5.48. The molecule has 9 nitrogen and oxygen atoms in total. The third kappa shape index (κ3) is 8.41. The van der Waals surface area contributed by atoms with Crippen molar-refractivity contribution in [3.8, 4) is 0 Å². The van der Waals surface area contributed by atoms with Gasteiger partial charge in [-0.3, -0.25) is 14.4 Å². The van der Waals surface area contributed by atoms with Crippen molar-refractivity contribution < 1.29 is 29.4 Å². The highest BCUT2D eigenvalue weighted by molar-refractivity contribution is 7.80. The summed E-state index contributed by atoms with van der Waals surface area (Å²) < 4.78 is 0. The Labute approximate surface area is 139 Å². The summed E-state index contributed by atoms with van der Waals surface area (Å²) in [7, 11) is 0. The molecule has 2 amide bonds. The van der Waals surface area contributed by atoms with Crippen LogP contribution in [-0.2, 0) is 19.2 Å². The van der Waals surface area contributed by atoms with Crippen molar-refractivity contribution in [2.75, 3.05) is 5.75 Å². The van der Waals surface area contributed by atoms with Crippen LogP contribution >= 0.6 is 12.6 Å². The van der Waals surface area contributed by atoms with E-state index in [4.69, 9.17) is 15.9 Å². The normalized spacial score (nSPS) is 14.7. The Bertz CT molecular complexity index is 457. The van der Waals surface area contributed by atoms with Gasteiger partial charge in [0.2, 0.25) is 11.8 Å². The smallest absolute Gasteiger partial charge is 0.326 e. The highest BCUT2D eigenvalue weighted by atomic mass is 32.1. The van der Waals surface area contributed by atoms with Gasteiger partial charge in [0.25, 0.3) is 0 Å². The number of carboxylic acid groups (broad SMARTS) is 2. The van der Waals surface area contributed by atoms with E-state index in [0.717, 1.165) is 0 Å². The summed E-state index contributed by atoms with van der Waals surface area (Å²) in [6.45, 7) is 3.63. The van der Waals surface area contributed by atoms with Crippen LogP contribution in [0.1, 0.15) is 26.7 Å². The molecule has 0 saturated heterocycles. The summed E-state index contributed by atoms with van der Waals surface area (Å²) in [5, 5.41) is 22.2. The standard InChI is InChI=1S/C13H23N3O6S/c1-6(2)3-8(15-11(19)7(14)5-23)12(20)16-9(13(21)22)4-10(17)18/h6-9,23H,3-5,14H2,1-2H3,(H,15,19)(H,16,20)(H,17,18)(H,21,22). The van der Waals surface area contributed by atoms with E-state index in [2.05, 4.69) is 23.3 Å². The molecule has 0 aliphatic heterocycles. The van der Waals surface area contributed by atoms with E-state index >= 15 is 0 Å². The fourth-order valence-electron chi connectivity index (χ4n) is 1.71. The van der Waals surface area contributed by atoms with Gasteiger partial charge in [-0.05, 0) is 12.3 Å². The fourth-order valence-corrected chi connectivity index (χ4v) is 1.88. The van der Waals surface area contributed by atoms with Crippen LogP contribution in [0.2, 0.25) is 0 Å². The minimum Gasteiger partial charge on any atom is -0.481 e. The molecule has 0 heterocycles. The number of thiol groups is 1. The molecule has 3 atom stereocenters. The molecule has 0 bridgehead atoms. The van der Waals surface area contributed by atoms with E-state index in [9.17, 15) is 19.2 Å². The van der Waals surface area contributed by atoms with E-state index in [-0.39, 0.29) is 18.1 Å². The molecule has 0 aromatic rings. The Kier molecular flexibility index (Phi) is 9.27. The van der Waals surface area contributed by atoms with Crippen LogP contribution in [0.25, 0.3) is 0 Å². The van der Waals surface area contributed by atoms with Gasteiger partial charge in [-0.1, -0.05) is 13.8 Å². The van der Waals surface area contributed by atoms with Crippen molar-refractivity contribution in [2.45, 2.75) is 44.8 Å². The molecule has 6 N–H and O–H groups in total. The number of nitrogens with one attached hydrogen (secondary N) is 2. The number of hydrogen-bond acceptors (Lipinski definition) is 6. The number of carbonyl (C=O) groups is 4. The van der Waals surface area contributed by atoms with Crippen molar-refractivity contribution in [1.29, 1.82) is 0 Å². The molecule has 0 fully saturated rings. The predicted molar refractivity (Wildman–Crippen MR) is 85.0 cm³/mol. The lowest BCUT2D eigenvalue weighted by Crippen LogP contribution is -2.55. The summed E-state index contributed by atoms with van der Waals surface area (Å²) in [6, 6.07) is -3.50. The Balaban J connectivity index is 5.01. The van der Waals surface area contributed by atoms with Gasteiger partial charge in [0, 0.05) is 5.75 Å². The van der Waals surface area contributed by atoms with Gasteiger partial charge in [-0.2, -0.15) is 12.6 Å². The largest absolute Gasteiger partial charge is 0.481 e. The molecule has 0 spiro atoms. The van der Waals surface area contributed by atoms with Gasteiger partial charge >= 0.3 is 11.9 Å². The highest BCUT2D eigenvalue weighted by Crippen LogP contribution is 2.06. The number of carbonyl (C=O) groups excluding carboxylic acids is 2. The predicted octanol–water partition coefficient (Wildman–Crippen LogP) is -1.18. The van der Waals surface area contributed by atoms with Gasteiger partial charge in [-0.15, -0.1) is 0 Å². The van der Waals surface area contributed by atoms with Gasteiger partial charge in [0.15, 0.2) is 0 Å². The van der Waals surface area contributed by atoms with Gasteiger partial charge in [0.1, 0.15) is 12.1 Å². The van der Waals surface area contributed by atoms with E-state index < -0.39 is 48.3 Å². The van der Waals surface area contributed by atoms with Crippen LogP contribution in [0.5, 0.6) is 0 Å². The molecule has 23 heavy (non-hydrogen) atoms. The zero-order valence-electron chi connectivity index (χ0n) is 13.0. The minimum absolute atomic E-state index is 0.0287. The van der Waals surface area contributed by atoms with E-state index in [1.165, 1.54) is 0 Å². The van der Waals surface area contributed by atoms with Crippen molar-refractivity contribution >= 4 is 36.4 Å². The maximum absolute atomic E-state index is 12.2. The maximum atomic E-state index is 12.2. The van der Waals surface area contributed by atoms with Crippen LogP contribution in [0.4, 0.5) is 0 Å². The topological polar surface area (TPSA) is 159 Å². The number of amides is 2. The third-order valence-electron chi connectivity index (χ3n) is 2.87. The molecule has 0 aromatic heterocycles. The molecule has 10 heteroatoms. The van der Waals surface area contributed by atoms with Crippen LogP contribution in [0, 0.1) is 5.92 Å². The average Bonchev–Trinajstić information content (AvgIpc) is 2.43. The molecule has 0 radical (unpaired) electrons. The molecule has 0 rings (SSSR count). The van der Waals surface area contributed by atoms with Gasteiger partial charge in [-0.25, -0.2) is 4.79 Å². The van der Waals surface area contributed by atoms with Crippen molar-refractivity contribution in [2.24, 2.45) is 11.7 Å². The Morgan fingerprint density at radius 1 is 1.04 bits per heavy atom. The van der Waals surface area contributed by atoms with Crippen molar-refractivity contribution in [1.82, 2.24) is 10.6 Å². The first kappa shape index (κ1) is 21.2. The molecule has 0 aromatic carbocycles. The quantitative estimate of drug-likeness (QED) is 0.271. The SMILES string of the molecule is CC(C)CC(NC(=O)C(N)CS)C(=O)NC(CC(=O)O)C(=O)O. The van der Waals surface area contributed by atoms with Gasteiger partial charge in [0.05, 0.1) is 12.5 Å². The molecular formula is C13H23N3O6S. The first-order valence-electron chi connectivity index (χ1n) is 7.00. The van der Waals surface area contributed by atoms with E-state index in [1.54, 1.807) is 0 Å². The van der Waals surface area contributed by atoms with E-state index in [1.807, 2.05) is 13.8 Å². The lowest BCUT2D eigenvalue weighted by molar-refractivity contribution is -0.147. The Morgan fingerprint density at radius 3 is 1.96 bits per heavy atom. The van der Waals surface area contributed by atoms with Gasteiger partial charge < -0.3 is 26.6 Å². The van der Waals surface area contributed by atoms with Crippen LogP contribution in [0.15, 0.2) is 0 Å².